The minimum absolute atomic E-state index is 0.237. The van der Waals surface area contributed by atoms with Gasteiger partial charge in [0, 0.05) is 12.3 Å². The van der Waals surface area contributed by atoms with Crippen LogP contribution in [0.3, 0.4) is 0 Å². The summed E-state index contributed by atoms with van der Waals surface area (Å²) in [5.41, 5.74) is 1.39. The van der Waals surface area contributed by atoms with E-state index in [4.69, 9.17) is 9.84 Å². The predicted octanol–water partition coefficient (Wildman–Crippen LogP) is 3.48. The third-order valence-corrected chi connectivity index (χ3v) is 4.70. The number of aryl methyl sites for hydroxylation is 1. The van der Waals surface area contributed by atoms with Crippen molar-refractivity contribution in [3.05, 3.63) is 81.1 Å². The molecule has 2 heterocycles. The van der Waals surface area contributed by atoms with Crippen molar-refractivity contribution in [1.29, 1.82) is 0 Å². The average molecular weight is 341 g/mol. The van der Waals surface area contributed by atoms with E-state index in [2.05, 4.69) is 0 Å². The summed E-state index contributed by atoms with van der Waals surface area (Å²) in [6.45, 7) is 2.09. The van der Waals surface area contributed by atoms with Crippen molar-refractivity contribution in [1.82, 2.24) is 4.57 Å². The Morgan fingerprint density at radius 2 is 1.96 bits per heavy atom. The molecule has 1 N–H and O–H groups in total. The molecule has 0 aliphatic rings. The van der Waals surface area contributed by atoms with Gasteiger partial charge < -0.3 is 9.84 Å². The highest BCUT2D eigenvalue weighted by atomic mass is 32.1. The van der Waals surface area contributed by atoms with Gasteiger partial charge in [0.05, 0.1) is 0 Å². The number of rotatable bonds is 5. The van der Waals surface area contributed by atoms with Gasteiger partial charge in [-0.05, 0) is 30.2 Å². The van der Waals surface area contributed by atoms with Gasteiger partial charge in [0.1, 0.15) is 22.2 Å². The summed E-state index contributed by atoms with van der Waals surface area (Å²) in [6, 6.07) is 14.5. The van der Waals surface area contributed by atoms with E-state index in [0.29, 0.717) is 22.9 Å². The molecule has 0 radical (unpaired) electrons. The maximum absolute atomic E-state index is 12.3. The number of carbonyl (C=O) groups is 1. The van der Waals surface area contributed by atoms with E-state index < -0.39 is 5.97 Å². The highest BCUT2D eigenvalue weighted by Crippen LogP contribution is 2.24. The van der Waals surface area contributed by atoms with Gasteiger partial charge in [0.15, 0.2) is 0 Å². The summed E-state index contributed by atoms with van der Waals surface area (Å²) in [7, 11) is 0. The van der Waals surface area contributed by atoms with E-state index >= 15 is 0 Å². The average Bonchev–Trinajstić information content (AvgIpc) is 2.96. The fraction of sp³-hybridized carbons (Fsp3) is 0.111. The van der Waals surface area contributed by atoms with Crippen molar-refractivity contribution in [2.24, 2.45) is 0 Å². The van der Waals surface area contributed by atoms with E-state index in [-0.39, 0.29) is 10.4 Å². The highest BCUT2D eigenvalue weighted by molar-refractivity contribution is 7.16. The molecule has 0 unspecified atom stereocenters. The van der Waals surface area contributed by atoms with Gasteiger partial charge in [-0.15, -0.1) is 11.3 Å². The molecule has 0 bridgehead atoms. The number of benzene rings is 1. The second-order valence-corrected chi connectivity index (χ2v) is 6.28. The van der Waals surface area contributed by atoms with E-state index in [1.54, 1.807) is 25.3 Å². The molecule has 3 rings (SSSR count). The van der Waals surface area contributed by atoms with Gasteiger partial charge in [-0.1, -0.05) is 30.3 Å². The molecule has 5 nitrogen and oxygen atoms in total. The Hall–Kier alpha value is -2.86. The van der Waals surface area contributed by atoms with Gasteiger partial charge in [-0.25, -0.2) is 4.79 Å². The van der Waals surface area contributed by atoms with Crippen LogP contribution in [0.1, 0.15) is 20.8 Å². The fourth-order valence-electron chi connectivity index (χ4n) is 2.27. The van der Waals surface area contributed by atoms with Crippen LogP contribution in [0.5, 0.6) is 5.75 Å². The number of carboxylic acid groups (broad SMARTS) is 1. The van der Waals surface area contributed by atoms with Crippen LogP contribution in [0, 0.1) is 6.92 Å². The number of ether oxygens (including phenoxy) is 1. The summed E-state index contributed by atoms with van der Waals surface area (Å²) in [6.07, 6.45) is 1.60. The third kappa shape index (κ3) is 3.38. The molecule has 0 spiro atoms. The quantitative estimate of drug-likeness (QED) is 0.771. The van der Waals surface area contributed by atoms with Gasteiger partial charge >= 0.3 is 5.97 Å². The van der Waals surface area contributed by atoms with Gasteiger partial charge in [-0.2, -0.15) is 0 Å². The molecule has 122 valence electrons. The molecule has 0 fully saturated rings. The summed E-state index contributed by atoms with van der Waals surface area (Å²) in [5.74, 6) is -0.508. The summed E-state index contributed by atoms with van der Waals surface area (Å²) in [5, 5.41) is 9.69. The molecule has 0 amide bonds. The van der Waals surface area contributed by atoms with Crippen molar-refractivity contribution in [2.45, 2.75) is 13.5 Å². The van der Waals surface area contributed by atoms with Crippen LogP contribution in [0.4, 0.5) is 0 Å². The lowest BCUT2D eigenvalue weighted by Crippen LogP contribution is -2.15. The zero-order chi connectivity index (χ0) is 17.1. The van der Waals surface area contributed by atoms with Crippen molar-refractivity contribution in [2.75, 3.05) is 0 Å². The number of nitrogens with zero attached hydrogens (tertiary/aromatic N) is 1. The first-order chi connectivity index (χ1) is 11.5. The van der Waals surface area contributed by atoms with E-state index in [1.165, 1.54) is 10.6 Å². The number of carboxylic acids is 1. The number of hydrogen-bond donors (Lipinski definition) is 1. The fourth-order valence-corrected chi connectivity index (χ4v) is 3.27. The molecule has 3 aromatic rings. The molecule has 0 aliphatic carbocycles. The number of aromatic carboxylic acids is 1. The Morgan fingerprint density at radius 3 is 2.58 bits per heavy atom. The van der Waals surface area contributed by atoms with Crippen LogP contribution < -0.4 is 10.3 Å². The lowest BCUT2D eigenvalue weighted by molar-refractivity contribution is 0.0701. The Morgan fingerprint density at radius 1 is 1.21 bits per heavy atom. The maximum atomic E-state index is 12.3. The van der Waals surface area contributed by atoms with Crippen LogP contribution in [0.15, 0.2) is 59.5 Å². The molecule has 24 heavy (non-hydrogen) atoms. The highest BCUT2D eigenvalue weighted by Gasteiger charge is 2.14. The summed E-state index contributed by atoms with van der Waals surface area (Å²) in [4.78, 5) is 23.7. The summed E-state index contributed by atoms with van der Waals surface area (Å²) < 4.78 is 7.04. The van der Waals surface area contributed by atoms with Crippen LogP contribution >= 0.6 is 11.3 Å². The Balaban J connectivity index is 1.81. The first-order valence-corrected chi connectivity index (χ1v) is 8.10. The normalized spacial score (nSPS) is 10.5. The van der Waals surface area contributed by atoms with Crippen LogP contribution in [-0.2, 0) is 6.61 Å². The van der Waals surface area contributed by atoms with Gasteiger partial charge in [-0.3, -0.25) is 9.36 Å². The first-order valence-electron chi connectivity index (χ1n) is 7.28. The third-order valence-electron chi connectivity index (χ3n) is 3.48. The first kappa shape index (κ1) is 16.0. The van der Waals surface area contributed by atoms with Crippen LogP contribution in [0.25, 0.3) is 5.00 Å². The van der Waals surface area contributed by atoms with Gasteiger partial charge in [0.25, 0.3) is 5.56 Å². The number of pyridine rings is 1. The van der Waals surface area contributed by atoms with E-state index in [9.17, 15) is 9.59 Å². The molecule has 0 atom stereocenters. The number of hydrogen-bond acceptors (Lipinski definition) is 4. The van der Waals surface area contributed by atoms with E-state index in [1.807, 2.05) is 30.3 Å². The van der Waals surface area contributed by atoms with E-state index in [0.717, 1.165) is 16.9 Å². The minimum atomic E-state index is -0.986. The molecule has 1 aromatic carbocycles. The number of aromatic nitrogens is 1. The zero-order valence-electron chi connectivity index (χ0n) is 12.9. The predicted molar refractivity (Wildman–Crippen MR) is 92.4 cm³/mol. The number of thiophene rings is 1. The second kappa shape index (κ2) is 6.72. The minimum Gasteiger partial charge on any atom is -0.489 e. The molecular weight excluding hydrogens is 326 g/mol. The lowest BCUT2D eigenvalue weighted by Gasteiger charge is -2.07. The molecule has 0 aliphatic heterocycles. The molecule has 0 saturated carbocycles. The van der Waals surface area contributed by atoms with Gasteiger partial charge in [0.2, 0.25) is 0 Å². The molecule has 2 aromatic heterocycles. The smallest absolute Gasteiger partial charge is 0.346 e. The monoisotopic (exact) mass is 341 g/mol. The standard InChI is InChI=1S/C18H15NO4S/c1-12-9-16(24-17(12)18(21)22)19-8-7-14(10-15(19)20)23-11-13-5-3-2-4-6-13/h2-10H,11H2,1H3,(H,21,22). The molecular formula is C18H15NO4S. The lowest BCUT2D eigenvalue weighted by atomic mass is 10.2. The maximum Gasteiger partial charge on any atom is 0.346 e. The SMILES string of the molecule is Cc1cc(-n2ccc(OCc3ccccc3)cc2=O)sc1C(=O)O. The van der Waals surface area contributed by atoms with Crippen LogP contribution in [-0.4, -0.2) is 15.6 Å². The largest absolute Gasteiger partial charge is 0.489 e. The topological polar surface area (TPSA) is 68.5 Å². The van der Waals surface area contributed by atoms with Crippen molar-refractivity contribution < 1.29 is 14.6 Å². The Kier molecular flexibility index (Phi) is 4.48. The van der Waals surface area contributed by atoms with Crippen LogP contribution in [0.2, 0.25) is 0 Å². The molecule has 6 heteroatoms. The van der Waals surface area contributed by atoms with Crippen molar-refractivity contribution >= 4 is 17.3 Å². The summed E-state index contributed by atoms with van der Waals surface area (Å²) >= 11 is 1.07. The second-order valence-electron chi connectivity index (χ2n) is 5.25. The Bertz CT molecular complexity index is 928. The zero-order valence-corrected chi connectivity index (χ0v) is 13.7. The van der Waals surface area contributed by atoms with Crippen molar-refractivity contribution in [3.63, 3.8) is 0 Å². The molecule has 0 saturated heterocycles. The Labute approximate surface area is 142 Å². The van der Waals surface area contributed by atoms with Crippen molar-refractivity contribution in [3.8, 4) is 10.8 Å².